The van der Waals surface area contributed by atoms with E-state index in [2.05, 4.69) is 21.1 Å². The first-order valence-corrected chi connectivity index (χ1v) is 19.4. The first-order valence-electron chi connectivity index (χ1n) is 15.1. The van der Waals surface area contributed by atoms with E-state index in [0.717, 1.165) is 34.9 Å². The molecular formula is C34H27N5O11S3. The zero-order valence-corrected chi connectivity index (χ0v) is 29.8. The Hall–Kier alpha value is -5.83. The fourth-order valence-corrected chi connectivity index (χ4v) is 7.82. The topological polar surface area (TPSA) is 272 Å². The van der Waals surface area contributed by atoms with Gasteiger partial charge in [0.25, 0.3) is 30.4 Å². The number of nitrogen functional groups attached to an aromatic ring is 1. The lowest BCUT2D eigenvalue weighted by Crippen LogP contribution is -2.28. The van der Waals surface area contributed by atoms with Crippen molar-refractivity contribution in [3.63, 3.8) is 0 Å². The highest BCUT2D eigenvalue weighted by Crippen LogP contribution is 2.33. The van der Waals surface area contributed by atoms with Crippen molar-refractivity contribution in [2.45, 2.75) is 23.6 Å². The second-order valence-corrected chi connectivity index (χ2v) is 16.0. The van der Waals surface area contributed by atoms with Crippen LogP contribution in [0.1, 0.15) is 43.0 Å². The summed E-state index contributed by atoms with van der Waals surface area (Å²) in [6.07, 6.45) is 3.51. The zero-order valence-electron chi connectivity index (χ0n) is 27.4. The quantitative estimate of drug-likeness (QED) is 0.0810. The third-order valence-electron chi connectivity index (χ3n) is 8.33. The molecule has 0 saturated carbocycles. The zero-order chi connectivity index (χ0) is 38.6. The number of fused-ring (bicyclic) bond motifs is 2. The number of aryl methyl sites for hydroxylation is 2. The van der Waals surface area contributed by atoms with Crippen molar-refractivity contribution in [3.05, 3.63) is 111 Å². The third kappa shape index (κ3) is 7.16. The second-order valence-electron chi connectivity index (χ2n) is 11.8. The number of hydrogen-bond acceptors (Lipinski definition) is 13. The van der Waals surface area contributed by atoms with Crippen LogP contribution in [0.15, 0.2) is 97.7 Å². The number of nitrogens with one attached hydrogen (secondary N) is 2. The smallest absolute Gasteiger partial charge is 0.296 e. The molecule has 0 bridgehead atoms. The number of hydrazone groups is 2. The number of allylic oxidation sites excluding steroid dienone is 2. The molecule has 0 fully saturated rings. The van der Waals surface area contributed by atoms with Crippen LogP contribution in [0.2, 0.25) is 0 Å². The average molecular weight is 778 g/mol. The van der Waals surface area contributed by atoms with Gasteiger partial charge in [0.05, 0.1) is 22.5 Å². The molecule has 0 saturated heterocycles. The Morgan fingerprint density at radius 1 is 0.642 bits per heavy atom. The summed E-state index contributed by atoms with van der Waals surface area (Å²) in [5.74, 6) is -1.81. The molecule has 0 spiro atoms. The number of carbonyl (C=O) groups is 2. The Balaban J connectivity index is 1.23. The molecule has 0 aliphatic heterocycles. The molecule has 4 aromatic carbocycles. The molecule has 6 rings (SSSR count). The molecule has 0 amide bonds. The largest absolute Gasteiger partial charge is 0.398 e. The van der Waals surface area contributed by atoms with Gasteiger partial charge in [0, 0.05) is 11.3 Å². The summed E-state index contributed by atoms with van der Waals surface area (Å²) in [6, 6.07) is 16.1. The molecule has 0 atom stereocenters. The Morgan fingerprint density at radius 3 is 1.77 bits per heavy atom. The van der Waals surface area contributed by atoms with Gasteiger partial charge in [-0.2, -0.15) is 35.5 Å². The number of nitrogens with two attached hydrogens (primary N) is 1. The molecule has 0 heterocycles. The van der Waals surface area contributed by atoms with E-state index < -0.39 is 67.9 Å². The molecule has 4 aromatic rings. The number of hydrogen-bond donors (Lipinski definition) is 6. The molecule has 2 aliphatic carbocycles. The van der Waals surface area contributed by atoms with Crippen molar-refractivity contribution < 1.29 is 48.5 Å². The predicted molar refractivity (Wildman–Crippen MR) is 198 cm³/mol. The minimum absolute atomic E-state index is 0.0149. The van der Waals surface area contributed by atoms with Gasteiger partial charge in [-0.15, -0.1) is 0 Å². The lowest BCUT2D eigenvalue weighted by Gasteiger charge is -2.18. The van der Waals surface area contributed by atoms with Crippen LogP contribution in [0.25, 0.3) is 23.3 Å². The first-order chi connectivity index (χ1) is 24.8. The summed E-state index contributed by atoms with van der Waals surface area (Å²) in [7, 11) is -14.5. The maximum Gasteiger partial charge on any atom is 0.296 e. The highest BCUT2D eigenvalue weighted by molar-refractivity contribution is 7.91. The van der Waals surface area contributed by atoms with Crippen LogP contribution in [0.4, 0.5) is 17.1 Å². The van der Waals surface area contributed by atoms with Crippen molar-refractivity contribution in [1.29, 1.82) is 0 Å². The van der Waals surface area contributed by atoms with Crippen molar-refractivity contribution in [3.8, 4) is 11.1 Å². The van der Waals surface area contributed by atoms with E-state index in [0.29, 0.717) is 16.9 Å². The number of ketones is 2. The molecule has 7 N–H and O–H groups in total. The number of benzene rings is 4. The van der Waals surface area contributed by atoms with Gasteiger partial charge >= 0.3 is 0 Å². The molecule has 0 radical (unpaired) electrons. The minimum atomic E-state index is -5.01. The number of carbonyl (C=O) groups excluding carboxylic acids is 2. The van der Waals surface area contributed by atoms with E-state index in [4.69, 9.17) is 5.73 Å². The monoisotopic (exact) mass is 777 g/mol. The van der Waals surface area contributed by atoms with Gasteiger partial charge in [-0.25, -0.2) is 0 Å². The highest BCUT2D eigenvalue weighted by Gasteiger charge is 2.36. The summed E-state index contributed by atoms with van der Waals surface area (Å²) in [5.41, 5.74) is 13.4. The Kier molecular flexibility index (Phi) is 9.27. The normalized spacial score (nSPS) is 16.0. The first kappa shape index (κ1) is 36.9. The standard InChI is InChI=1S/C34H27N5O11S3/c1-17-14-19(6-10-24(17)36-38-26-12-8-22-27(51(42,43)44)13-9-23(35)31(22)33(26)40)20-7-11-25(18(2)15-20)37-39-32-29(53(48,49)50)16-21-4-3-5-28(52(45,46)47)30(21)34(32)41/h3-16,36-37H,35H2,1-2H3,(H,42,43,44)(H,45,46,47)(H,48,49,50). The van der Waals surface area contributed by atoms with E-state index in [1.165, 1.54) is 30.4 Å². The van der Waals surface area contributed by atoms with Crippen molar-refractivity contribution in [2.75, 3.05) is 16.6 Å². The lowest BCUT2D eigenvalue weighted by molar-refractivity contribution is 0.105. The summed E-state index contributed by atoms with van der Waals surface area (Å²) in [6.45, 7) is 3.50. The van der Waals surface area contributed by atoms with Crippen molar-refractivity contribution in [1.82, 2.24) is 0 Å². The molecule has 19 heteroatoms. The van der Waals surface area contributed by atoms with Crippen LogP contribution in [0, 0.1) is 13.8 Å². The van der Waals surface area contributed by atoms with Gasteiger partial charge in [-0.3, -0.25) is 34.1 Å². The Morgan fingerprint density at radius 2 is 1.23 bits per heavy atom. The molecule has 16 nitrogen and oxygen atoms in total. The Labute approximate surface area is 302 Å². The van der Waals surface area contributed by atoms with E-state index in [-0.39, 0.29) is 28.1 Å². The molecule has 0 unspecified atom stereocenters. The van der Waals surface area contributed by atoms with Crippen LogP contribution in [0.5, 0.6) is 0 Å². The number of rotatable bonds is 8. The van der Waals surface area contributed by atoms with Gasteiger partial charge in [0.1, 0.15) is 20.4 Å². The summed E-state index contributed by atoms with van der Waals surface area (Å²) < 4.78 is 101. The molecule has 2 aliphatic rings. The third-order valence-corrected chi connectivity index (χ3v) is 11.0. The summed E-state index contributed by atoms with van der Waals surface area (Å²) in [4.78, 5) is 24.4. The van der Waals surface area contributed by atoms with E-state index >= 15 is 0 Å². The molecule has 272 valence electrons. The van der Waals surface area contributed by atoms with Crippen molar-refractivity contribution in [2.24, 2.45) is 10.2 Å². The minimum Gasteiger partial charge on any atom is -0.398 e. The average Bonchev–Trinajstić information content (AvgIpc) is 3.06. The molecule has 0 aromatic heterocycles. The van der Waals surface area contributed by atoms with Crippen molar-refractivity contribution >= 4 is 82.6 Å². The van der Waals surface area contributed by atoms with Gasteiger partial charge in [0.2, 0.25) is 11.6 Å². The van der Waals surface area contributed by atoms with Crippen LogP contribution in [-0.2, 0) is 30.4 Å². The maximum atomic E-state index is 13.4. The lowest BCUT2D eigenvalue weighted by atomic mass is 9.93. The molecule has 53 heavy (non-hydrogen) atoms. The van der Waals surface area contributed by atoms with Crippen LogP contribution < -0.4 is 16.6 Å². The highest BCUT2D eigenvalue weighted by atomic mass is 32.2. The van der Waals surface area contributed by atoms with Crippen LogP contribution in [-0.4, -0.2) is 61.9 Å². The summed E-state index contributed by atoms with van der Waals surface area (Å²) >= 11 is 0. The van der Waals surface area contributed by atoms with E-state index in [9.17, 15) is 48.5 Å². The van der Waals surface area contributed by atoms with Gasteiger partial charge in [-0.1, -0.05) is 30.3 Å². The van der Waals surface area contributed by atoms with Gasteiger partial charge in [-0.05, 0) is 96.3 Å². The SMILES string of the molecule is Cc1cc(-c2ccc(NN=C3C(=O)c4c(cccc4S(=O)(=O)O)C=C3S(=O)(=O)O)c(C)c2)ccc1NN=C1C=Cc2c(S(=O)(=O)O)ccc(N)c2C1=O. The number of anilines is 3. The fourth-order valence-electron chi connectivity index (χ4n) is 5.76. The fraction of sp³-hybridized carbons (Fsp3) is 0.0588. The van der Waals surface area contributed by atoms with Crippen LogP contribution >= 0.6 is 0 Å². The predicted octanol–water partition coefficient (Wildman–Crippen LogP) is 4.62. The Bertz CT molecular complexity index is 2770. The van der Waals surface area contributed by atoms with E-state index in [1.54, 1.807) is 44.2 Å². The number of nitrogens with zero attached hydrogens (tertiary/aromatic N) is 2. The van der Waals surface area contributed by atoms with E-state index in [1.807, 2.05) is 6.07 Å². The second kappa shape index (κ2) is 13.3. The van der Waals surface area contributed by atoms with Gasteiger partial charge in [0.15, 0.2) is 5.71 Å². The summed E-state index contributed by atoms with van der Waals surface area (Å²) in [5, 5.41) is 8.12. The van der Waals surface area contributed by atoms with Gasteiger partial charge < -0.3 is 5.73 Å². The maximum absolute atomic E-state index is 13.4. The van der Waals surface area contributed by atoms with Crippen LogP contribution in [0.3, 0.4) is 0 Å². The number of Topliss-reactive ketones (excluding diaryl/α,β-unsaturated/α-hetero) is 2. The molecular weight excluding hydrogens is 751 g/mol.